The van der Waals surface area contributed by atoms with Crippen molar-refractivity contribution in [2.45, 2.75) is 26.0 Å². The fourth-order valence-corrected chi connectivity index (χ4v) is 3.89. The van der Waals surface area contributed by atoms with E-state index in [9.17, 15) is 9.90 Å². The predicted molar refractivity (Wildman–Crippen MR) is 108 cm³/mol. The third kappa shape index (κ3) is 4.31. The van der Waals surface area contributed by atoms with Gasteiger partial charge in [0.1, 0.15) is 0 Å². The molecule has 1 aliphatic heterocycles. The quantitative estimate of drug-likeness (QED) is 0.720. The van der Waals surface area contributed by atoms with Gasteiger partial charge in [0.2, 0.25) is 0 Å². The van der Waals surface area contributed by atoms with Gasteiger partial charge in [-0.25, -0.2) is 0 Å². The number of carbonyl (C=O) groups is 1. The van der Waals surface area contributed by atoms with Crippen molar-refractivity contribution in [3.63, 3.8) is 0 Å². The van der Waals surface area contributed by atoms with Gasteiger partial charge in [0.25, 0.3) is 5.91 Å². The van der Waals surface area contributed by atoms with Gasteiger partial charge in [-0.1, -0.05) is 54.6 Å². The molecule has 1 fully saturated rings. The summed E-state index contributed by atoms with van der Waals surface area (Å²) in [4.78, 5) is 14.8. The molecular formula is C23H25N3O2. The summed E-state index contributed by atoms with van der Waals surface area (Å²) in [5, 5.41) is 13.7. The zero-order valence-electron chi connectivity index (χ0n) is 15.9. The second-order valence-electron chi connectivity index (χ2n) is 7.50. The molecule has 1 aromatic heterocycles. The fourth-order valence-electron chi connectivity index (χ4n) is 3.89. The fraction of sp³-hybridized carbons (Fsp3) is 0.304. The van der Waals surface area contributed by atoms with Crippen molar-refractivity contribution in [2.24, 2.45) is 5.92 Å². The van der Waals surface area contributed by atoms with Crippen LogP contribution in [0.25, 0.3) is 0 Å². The van der Waals surface area contributed by atoms with Gasteiger partial charge in [-0.15, -0.1) is 0 Å². The molecule has 144 valence electrons. The molecule has 28 heavy (non-hydrogen) atoms. The lowest BCUT2D eigenvalue weighted by molar-refractivity contribution is 0.0787. The van der Waals surface area contributed by atoms with Crippen LogP contribution in [0.15, 0.2) is 67.0 Å². The normalized spacial score (nSPS) is 16.5. The van der Waals surface area contributed by atoms with Crippen molar-refractivity contribution in [3.05, 3.63) is 89.2 Å². The van der Waals surface area contributed by atoms with Crippen molar-refractivity contribution in [1.82, 2.24) is 14.7 Å². The first kappa shape index (κ1) is 18.4. The van der Waals surface area contributed by atoms with Crippen molar-refractivity contribution >= 4 is 5.91 Å². The molecule has 0 unspecified atom stereocenters. The minimum atomic E-state index is 0.0610. The number of likely N-dealkylation sites (tertiary alicyclic amines) is 1. The molecule has 0 spiro atoms. The van der Waals surface area contributed by atoms with Gasteiger partial charge in [0, 0.05) is 19.3 Å². The van der Waals surface area contributed by atoms with E-state index in [1.807, 2.05) is 46.1 Å². The molecule has 2 heterocycles. The third-order valence-electron chi connectivity index (χ3n) is 5.34. The number of benzene rings is 2. The molecule has 0 saturated carbocycles. The van der Waals surface area contributed by atoms with E-state index in [1.54, 1.807) is 6.20 Å². The van der Waals surface area contributed by atoms with E-state index in [4.69, 9.17) is 0 Å². The maximum Gasteiger partial charge on any atom is 0.257 e. The van der Waals surface area contributed by atoms with E-state index < -0.39 is 0 Å². The van der Waals surface area contributed by atoms with Gasteiger partial charge in [-0.3, -0.25) is 9.48 Å². The molecule has 4 rings (SSSR count). The van der Waals surface area contributed by atoms with Crippen molar-refractivity contribution in [2.75, 3.05) is 13.1 Å². The van der Waals surface area contributed by atoms with Gasteiger partial charge in [-0.05, 0) is 35.4 Å². The number of carbonyl (C=O) groups excluding carboxylic acids is 1. The van der Waals surface area contributed by atoms with E-state index in [1.165, 1.54) is 5.56 Å². The average Bonchev–Trinajstić information content (AvgIpc) is 3.38. The van der Waals surface area contributed by atoms with Crippen molar-refractivity contribution < 1.29 is 9.90 Å². The van der Waals surface area contributed by atoms with Crippen LogP contribution in [-0.4, -0.2) is 38.8 Å². The highest BCUT2D eigenvalue weighted by atomic mass is 16.3. The Morgan fingerprint density at radius 3 is 2.68 bits per heavy atom. The smallest absolute Gasteiger partial charge is 0.257 e. The Balaban J connectivity index is 1.35. The van der Waals surface area contributed by atoms with Crippen molar-refractivity contribution in [3.8, 4) is 0 Å². The minimum absolute atomic E-state index is 0.0610. The monoisotopic (exact) mass is 375 g/mol. The van der Waals surface area contributed by atoms with Crippen LogP contribution in [0.4, 0.5) is 0 Å². The van der Waals surface area contributed by atoms with Crippen LogP contribution in [0.3, 0.4) is 0 Å². The Labute approximate surface area is 165 Å². The molecule has 1 aliphatic rings. The summed E-state index contributed by atoms with van der Waals surface area (Å²) < 4.78 is 1.82. The molecule has 5 heteroatoms. The Hall–Kier alpha value is -2.92. The Bertz CT molecular complexity index is 936. The van der Waals surface area contributed by atoms with Crippen LogP contribution in [0.5, 0.6) is 0 Å². The number of aliphatic hydroxyl groups is 1. The molecule has 5 nitrogen and oxygen atoms in total. The first-order valence-electron chi connectivity index (χ1n) is 9.75. The van der Waals surface area contributed by atoms with E-state index in [2.05, 4.69) is 29.4 Å². The average molecular weight is 375 g/mol. The molecule has 0 radical (unpaired) electrons. The van der Waals surface area contributed by atoms with Crippen LogP contribution in [0.1, 0.15) is 33.5 Å². The highest BCUT2D eigenvalue weighted by Crippen LogP contribution is 2.23. The Morgan fingerprint density at radius 2 is 1.86 bits per heavy atom. The lowest BCUT2D eigenvalue weighted by atomic mass is 9.97. The highest BCUT2D eigenvalue weighted by molar-refractivity contribution is 5.93. The molecule has 1 atom stereocenters. The summed E-state index contributed by atoms with van der Waals surface area (Å²) in [5.74, 6) is 0.517. The summed E-state index contributed by atoms with van der Waals surface area (Å²) in [6.45, 7) is 2.28. The summed E-state index contributed by atoms with van der Waals surface area (Å²) in [5.41, 5.74) is 3.98. The predicted octanol–water partition coefficient (Wildman–Crippen LogP) is 3.13. The second kappa shape index (κ2) is 8.40. The van der Waals surface area contributed by atoms with E-state index in [0.29, 0.717) is 18.0 Å². The molecule has 0 bridgehead atoms. The minimum Gasteiger partial charge on any atom is -0.392 e. The van der Waals surface area contributed by atoms with Crippen LogP contribution in [-0.2, 0) is 19.6 Å². The highest BCUT2D eigenvalue weighted by Gasteiger charge is 2.27. The number of rotatable bonds is 6. The van der Waals surface area contributed by atoms with Crippen LogP contribution in [0.2, 0.25) is 0 Å². The number of hydrogen-bond acceptors (Lipinski definition) is 3. The summed E-state index contributed by atoms with van der Waals surface area (Å²) in [7, 11) is 0. The maximum atomic E-state index is 12.9. The molecule has 2 aromatic carbocycles. The standard InChI is InChI=1S/C23H25N3O2/c27-17-21-8-4-7-19(12-21)11-20-9-10-25(14-20)23(28)22-13-24-26(16-22)15-18-5-2-1-3-6-18/h1-8,12-13,16,20,27H,9-11,14-15,17H2/t20-/m0/s1. The molecule has 1 amide bonds. The lowest BCUT2D eigenvalue weighted by Gasteiger charge is -2.16. The van der Waals surface area contributed by atoms with Gasteiger partial charge in [0.05, 0.1) is 24.9 Å². The van der Waals surface area contributed by atoms with Gasteiger partial charge in [0.15, 0.2) is 0 Å². The zero-order valence-corrected chi connectivity index (χ0v) is 15.9. The summed E-state index contributed by atoms with van der Waals surface area (Å²) >= 11 is 0. The summed E-state index contributed by atoms with van der Waals surface area (Å²) in [6.07, 6.45) is 5.45. The van der Waals surface area contributed by atoms with Crippen LogP contribution < -0.4 is 0 Å². The van der Waals surface area contributed by atoms with Gasteiger partial charge in [-0.2, -0.15) is 5.10 Å². The van der Waals surface area contributed by atoms with Gasteiger partial charge < -0.3 is 10.0 Å². The molecular weight excluding hydrogens is 350 g/mol. The number of hydrogen-bond donors (Lipinski definition) is 1. The lowest BCUT2D eigenvalue weighted by Crippen LogP contribution is -2.28. The van der Waals surface area contributed by atoms with E-state index in [-0.39, 0.29) is 12.5 Å². The van der Waals surface area contributed by atoms with Crippen LogP contribution in [0, 0.1) is 5.92 Å². The van der Waals surface area contributed by atoms with Crippen LogP contribution >= 0.6 is 0 Å². The van der Waals surface area contributed by atoms with E-state index >= 15 is 0 Å². The van der Waals surface area contributed by atoms with Gasteiger partial charge >= 0.3 is 0 Å². The first-order chi connectivity index (χ1) is 13.7. The molecule has 1 saturated heterocycles. The number of aromatic nitrogens is 2. The van der Waals surface area contributed by atoms with E-state index in [0.717, 1.165) is 37.1 Å². The van der Waals surface area contributed by atoms with Crippen molar-refractivity contribution in [1.29, 1.82) is 0 Å². The Morgan fingerprint density at radius 1 is 1.07 bits per heavy atom. The number of amides is 1. The second-order valence-corrected chi connectivity index (χ2v) is 7.50. The number of nitrogens with zero attached hydrogens (tertiary/aromatic N) is 3. The zero-order chi connectivity index (χ0) is 19.3. The first-order valence-corrected chi connectivity index (χ1v) is 9.75. The largest absolute Gasteiger partial charge is 0.392 e. The number of aliphatic hydroxyl groups excluding tert-OH is 1. The molecule has 1 N–H and O–H groups in total. The molecule has 3 aromatic rings. The maximum absolute atomic E-state index is 12.9. The molecule has 0 aliphatic carbocycles. The Kier molecular flexibility index (Phi) is 5.53. The summed E-state index contributed by atoms with van der Waals surface area (Å²) in [6, 6.07) is 18.2. The third-order valence-corrected chi connectivity index (χ3v) is 5.34. The SMILES string of the molecule is O=C(c1cnn(Cc2ccccc2)c1)N1CC[C@@H](Cc2cccc(CO)c2)C1. The topological polar surface area (TPSA) is 58.4 Å².